The molecule has 3 nitrogen and oxygen atoms in total. The van der Waals surface area contributed by atoms with Gasteiger partial charge in [-0.15, -0.1) is 40.5 Å². The molecule has 6 heteroatoms. The van der Waals surface area contributed by atoms with Gasteiger partial charge in [-0.3, -0.25) is 9.78 Å². The molecule has 0 atom stereocenters. The Hall–Kier alpha value is -3.67. The summed E-state index contributed by atoms with van der Waals surface area (Å²) in [5, 5.41) is 15.0. The SMILES string of the molecule is CCC(CC)C(=O)/C=C(\O)C(CC)CC.Cc1c(-c2ccc([Si](C)(C)C)cc2)sc2c(-c3[c-]c4cc(-c5ccccc5)ccc4c(C(C)C)c3)nccc12.[Ir]. The molecule has 0 spiro atoms. The number of hydrogen-bond donors (Lipinski definition) is 1. The van der Waals surface area contributed by atoms with Crippen LogP contribution < -0.4 is 5.19 Å². The monoisotopic (exact) mass is 945 g/mol. The molecule has 1 radical (unpaired) electrons. The van der Waals surface area contributed by atoms with Gasteiger partial charge in [0.25, 0.3) is 0 Å². The number of aromatic nitrogens is 1. The number of nitrogens with zero attached hydrogens (tertiary/aromatic N) is 1. The molecular formula is C49H58IrNO2SSi-. The third-order valence-corrected chi connectivity index (χ3v) is 14.3. The molecule has 0 aliphatic rings. The molecule has 0 saturated heterocycles. The summed E-state index contributed by atoms with van der Waals surface area (Å²) in [7, 11) is -1.33. The number of carbonyl (C=O) groups is 1. The predicted molar refractivity (Wildman–Crippen MR) is 238 cm³/mol. The van der Waals surface area contributed by atoms with Crippen molar-refractivity contribution < 1.29 is 30.0 Å². The number of thiophene rings is 1. The summed E-state index contributed by atoms with van der Waals surface area (Å²) in [5.41, 5.74) is 8.50. The van der Waals surface area contributed by atoms with Crippen LogP contribution >= 0.6 is 11.3 Å². The Morgan fingerprint density at radius 2 is 1.42 bits per heavy atom. The average Bonchev–Trinajstić information content (AvgIpc) is 3.51. The third kappa shape index (κ3) is 10.2. The second kappa shape index (κ2) is 19.5. The molecule has 1 N–H and O–H groups in total. The maximum atomic E-state index is 11.7. The number of ketones is 1. The van der Waals surface area contributed by atoms with Crippen LogP contribution in [0.4, 0.5) is 0 Å². The number of aryl methyl sites for hydroxylation is 1. The Balaban J connectivity index is 0.000000360. The Morgan fingerprint density at radius 1 is 0.800 bits per heavy atom. The predicted octanol–water partition coefficient (Wildman–Crippen LogP) is 14.1. The Kier molecular flexibility index (Phi) is 15.6. The van der Waals surface area contributed by atoms with E-state index in [1.54, 1.807) is 0 Å². The number of fused-ring (bicyclic) bond motifs is 2. The Bertz CT molecular complexity index is 2220. The summed E-state index contributed by atoms with van der Waals surface area (Å²) in [5.74, 6) is 0.944. The van der Waals surface area contributed by atoms with Crippen molar-refractivity contribution in [3.05, 3.63) is 120 Å². The van der Waals surface area contributed by atoms with Gasteiger partial charge in [-0.1, -0.05) is 150 Å². The molecule has 0 saturated carbocycles. The van der Waals surface area contributed by atoms with E-state index in [1.807, 2.05) is 45.2 Å². The number of hydrogen-bond acceptors (Lipinski definition) is 4. The smallest absolute Gasteiger partial charge is 0.162 e. The maximum absolute atomic E-state index is 11.7. The van der Waals surface area contributed by atoms with Gasteiger partial charge in [-0.25, -0.2) is 0 Å². The number of benzene rings is 4. The van der Waals surface area contributed by atoms with Gasteiger partial charge in [0.05, 0.1) is 13.8 Å². The van der Waals surface area contributed by atoms with E-state index >= 15 is 0 Å². The van der Waals surface area contributed by atoms with Gasteiger partial charge in [0.1, 0.15) is 0 Å². The van der Waals surface area contributed by atoms with Crippen LogP contribution in [-0.2, 0) is 24.9 Å². The van der Waals surface area contributed by atoms with E-state index in [0.29, 0.717) is 5.92 Å². The summed E-state index contributed by atoms with van der Waals surface area (Å²) in [6.45, 7) is 22.1. The second-order valence-electron chi connectivity index (χ2n) is 15.8. The standard InChI is InChI=1S/C36H34NSSi.C13H24O2.Ir/c1-23(2)33-22-29(21-28-20-27(14-17-32(28)33)25-10-8-7-9-11-25)34-36-31(18-19-37-34)24(3)35(38-36)26-12-15-30(16-13-26)39(4,5)6;1-5-10(6-2)12(14)9-13(15)11(7-3)8-4;/h7-20,22-23H,1-6H3;9-11,14H,5-8H2,1-4H3;/q-1;;/b;12-9-;. The van der Waals surface area contributed by atoms with Crippen LogP contribution in [0.1, 0.15) is 84.3 Å². The minimum Gasteiger partial charge on any atom is -0.512 e. The Labute approximate surface area is 348 Å². The minimum atomic E-state index is -1.33. The number of aliphatic hydroxyl groups is 1. The molecule has 291 valence electrons. The first-order chi connectivity index (χ1) is 25.8. The van der Waals surface area contributed by atoms with Crippen LogP contribution in [0.2, 0.25) is 19.6 Å². The van der Waals surface area contributed by atoms with Crippen LogP contribution in [0, 0.1) is 24.8 Å². The molecule has 0 aliphatic carbocycles. The summed E-state index contributed by atoms with van der Waals surface area (Å²) in [6, 6.07) is 34.9. The number of pyridine rings is 1. The molecule has 4 aromatic carbocycles. The fourth-order valence-corrected chi connectivity index (χ4v) is 9.72. The van der Waals surface area contributed by atoms with E-state index in [1.165, 1.54) is 59.4 Å². The first-order valence-corrected chi connectivity index (χ1v) is 24.1. The van der Waals surface area contributed by atoms with Crippen molar-refractivity contribution in [2.24, 2.45) is 11.8 Å². The zero-order chi connectivity index (χ0) is 39.2. The van der Waals surface area contributed by atoms with E-state index < -0.39 is 8.07 Å². The van der Waals surface area contributed by atoms with Crippen molar-refractivity contribution in [2.75, 3.05) is 0 Å². The molecule has 0 fully saturated rings. The normalized spacial score (nSPS) is 12.0. The van der Waals surface area contributed by atoms with Crippen LogP contribution in [-0.4, -0.2) is 23.9 Å². The van der Waals surface area contributed by atoms with Crippen molar-refractivity contribution >= 4 is 51.2 Å². The molecule has 0 bridgehead atoms. The first-order valence-electron chi connectivity index (χ1n) is 19.8. The van der Waals surface area contributed by atoms with Crippen LogP contribution in [0.3, 0.4) is 0 Å². The van der Waals surface area contributed by atoms with Crippen LogP contribution in [0.15, 0.2) is 103 Å². The number of aliphatic hydroxyl groups excluding tert-OH is 1. The topological polar surface area (TPSA) is 50.2 Å². The maximum Gasteiger partial charge on any atom is 0.162 e. The molecule has 0 unspecified atom stereocenters. The van der Waals surface area contributed by atoms with Crippen molar-refractivity contribution in [2.45, 2.75) is 99.7 Å². The van der Waals surface area contributed by atoms with Gasteiger partial charge in [-0.2, -0.15) is 0 Å². The molecule has 2 aromatic heterocycles. The van der Waals surface area contributed by atoms with Gasteiger partial charge in [0.2, 0.25) is 0 Å². The van der Waals surface area contributed by atoms with Gasteiger partial charge < -0.3 is 5.11 Å². The summed E-state index contributed by atoms with van der Waals surface area (Å²) in [6.07, 6.45) is 6.87. The summed E-state index contributed by atoms with van der Waals surface area (Å²) in [4.78, 5) is 18.0. The van der Waals surface area contributed by atoms with E-state index in [4.69, 9.17) is 4.98 Å². The van der Waals surface area contributed by atoms with Gasteiger partial charge in [-0.05, 0) is 66.7 Å². The fourth-order valence-electron chi connectivity index (χ4n) is 7.25. The zero-order valence-corrected chi connectivity index (χ0v) is 38.6. The largest absolute Gasteiger partial charge is 0.512 e. The van der Waals surface area contributed by atoms with E-state index in [2.05, 4.69) is 131 Å². The van der Waals surface area contributed by atoms with Gasteiger partial charge in [0, 0.05) is 59.5 Å². The minimum absolute atomic E-state index is 0. The first kappa shape index (κ1) is 44.0. The number of carbonyl (C=O) groups excluding carboxylic acids is 1. The summed E-state index contributed by atoms with van der Waals surface area (Å²) < 4.78 is 1.24. The summed E-state index contributed by atoms with van der Waals surface area (Å²) >= 11 is 1.86. The van der Waals surface area contributed by atoms with Crippen molar-refractivity contribution in [1.82, 2.24) is 4.98 Å². The number of allylic oxidation sites excluding steroid dienone is 2. The quantitative estimate of drug-likeness (QED) is 0.0576. The van der Waals surface area contributed by atoms with E-state index in [9.17, 15) is 9.90 Å². The number of rotatable bonds is 12. The second-order valence-corrected chi connectivity index (χ2v) is 21.9. The molecular weight excluding hydrogens is 887 g/mol. The van der Waals surface area contributed by atoms with Crippen LogP contribution in [0.25, 0.3) is 53.7 Å². The van der Waals surface area contributed by atoms with Crippen molar-refractivity contribution in [3.8, 4) is 32.8 Å². The molecule has 6 rings (SSSR count). The molecule has 0 amide bonds. The Morgan fingerprint density at radius 3 is 2.00 bits per heavy atom. The van der Waals surface area contributed by atoms with Gasteiger partial charge in [0.15, 0.2) is 5.78 Å². The van der Waals surface area contributed by atoms with Crippen molar-refractivity contribution in [1.29, 1.82) is 0 Å². The van der Waals surface area contributed by atoms with E-state index in [-0.39, 0.29) is 43.5 Å². The molecule has 55 heavy (non-hydrogen) atoms. The van der Waals surface area contributed by atoms with Crippen molar-refractivity contribution in [3.63, 3.8) is 0 Å². The molecule has 6 aromatic rings. The third-order valence-electron chi connectivity index (χ3n) is 10.8. The fraction of sp³-hybridized carbons (Fsp3) is 0.347. The van der Waals surface area contributed by atoms with E-state index in [0.717, 1.165) is 42.3 Å². The molecule has 0 aliphatic heterocycles. The van der Waals surface area contributed by atoms with Gasteiger partial charge >= 0.3 is 0 Å². The molecule has 2 heterocycles. The average molecular weight is 945 g/mol. The zero-order valence-electron chi connectivity index (χ0n) is 34.3. The van der Waals surface area contributed by atoms with Crippen LogP contribution in [0.5, 0.6) is 0 Å².